The van der Waals surface area contributed by atoms with Gasteiger partial charge in [-0.25, -0.2) is 0 Å². The highest BCUT2D eigenvalue weighted by Crippen LogP contribution is 2.11. The largest absolute Gasteiger partial charge is 0.383 e. The van der Waals surface area contributed by atoms with Gasteiger partial charge in [-0.1, -0.05) is 0 Å². The molecule has 0 aromatic rings. The van der Waals surface area contributed by atoms with Gasteiger partial charge in [0.05, 0.1) is 12.6 Å². The fraction of sp³-hybridized carbons (Fsp3) is 0.900. The highest BCUT2D eigenvalue weighted by Gasteiger charge is 2.23. The van der Waals surface area contributed by atoms with Crippen molar-refractivity contribution in [1.29, 1.82) is 0 Å². The minimum absolute atomic E-state index is 0.00407. The van der Waals surface area contributed by atoms with Crippen molar-refractivity contribution in [3.05, 3.63) is 0 Å². The van der Waals surface area contributed by atoms with Crippen LogP contribution in [0.5, 0.6) is 0 Å². The van der Waals surface area contributed by atoms with E-state index >= 15 is 0 Å². The zero-order valence-electron chi connectivity index (χ0n) is 9.01. The van der Waals surface area contributed by atoms with Gasteiger partial charge in [-0.3, -0.25) is 4.79 Å². The minimum Gasteiger partial charge on any atom is -0.383 e. The van der Waals surface area contributed by atoms with E-state index in [-0.39, 0.29) is 11.9 Å². The molecule has 0 radical (unpaired) electrons. The maximum Gasteiger partial charge on any atom is 0.237 e. The standard InChI is InChI=1S/C10H20N2O2/c1-8-4-3-5-9(12-8)10(13)11-6-7-14-2/h8-9,12H,3-7H2,1-2H3,(H,11,13)/t8-,9+/m0/s1. The third-order valence-corrected chi connectivity index (χ3v) is 2.54. The van der Waals surface area contributed by atoms with Crippen LogP contribution in [0.2, 0.25) is 0 Å². The average molecular weight is 200 g/mol. The van der Waals surface area contributed by atoms with E-state index in [0.717, 1.165) is 12.8 Å². The molecule has 0 unspecified atom stereocenters. The smallest absolute Gasteiger partial charge is 0.237 e. The van der Waals surface area contributed by atoms with Gasteiger partial charge in [0.1, 0.15) is 0 Å². The molecule has 0 aromatic carbocycles. The van der Waals surface area contributed by atoms with E-state index in [0.29, 0.717) is 19.2 Å². The molecule has 1 saturated heterocycles. The summed E-state index contributed by atoms with van der Waals surface area (Å²) in [5.41, 5.74) is 0. The number of carbonyl (C=O) groups excluding carboxylic acids is 1. The summed E-state index contributed by atoms with van der Waals surface area (Å²) in [4.78, 5) is 11.6. The first kappa shape index (κ1) is 11.5. The first-order chi connectivity index (χ1) is 6.74. The predicted octanol–water partition coefficient (Wildman–Crippen LogP) is 0.280. The zero-order chi connectivity index (χ0) is 10.4. The number of nitrogens with one attached hydrogen (secondary N) is 2. The Morgan fingerprint density at radius 2 is 2.36 bits per heavy atom. The summed E-state index contributed by atoms with van der Waals surface area (Å²) in [6.45, 7) is 3.30. The van der Waals surface area contributed by atoms with Crippen LogP contribution in [0.25, 0.3) is 0 Å². The molecule has 0 aliphatic carbocycles. The predicted molar refractivity (Wildman–Crippen MR) is 55.1 cm³/mol. The van der Waals surface area contributed by atoms with Crippen LogP contribution in [0.4, 0.5) is 0 Å². The molecule has 1 heterocycles. The van der Waals surface area contributed by atoms with E-state index in [4.69, 9.17) is 4.74 Å². The molecule has 82 valence electrons. The Bertz CT molecular complexity index is 185. The number of piperidine rings is 1. The number of ether oxygens (including phenoxy) is 1. The fourth-order valence-corrected chi connectivity index (χ4v) is 1.74. The van der Waals surface area contributed by atoms with Crippen LogP contribution in [-0.2, 0) is 9.53 Å². The summed E-state index contributed by atoms with van der Waals surface area (Å²) >= 11 is 0. The summed E-state index contributed by atoms with van der Waals surface area (Å²) in [5.74, 6) is 0.105. The maximum atomic E-state index is 11.6. The van der Waals surface area contributed by atoms with E-state index in [1.807, 2.05) is 0 Å². The van der Waals surface area contributed by atoms with Gasteiger partial charge in [-0.05, 0) is 26.2 Å². The van der Waals surface area contributed by atoms with Crippen LogP contribution in [0.3, 0.4) is 0 Å². The van der Waals surface area contributed by atoms with E-state index in [2.05, 4.69) is 17.6 Å². The first-order valence-electron chi connectivity index (χ1n) is 5.26. The molecule has 4 nitrogen and oxygen atoms in total. The van der Waals surface area contributed by atoms with Crippen LogP contribution in [0.1, 0.15) is 26.2 Å². The fourth-order valence-electron chi connectivity index (χ4n) is 1.74. The van der Waals surface area contributed by atoms with Gasteiger partial charge in [-0.2, -0.15) is 0 Å². The van der Waals surface area contributed by atoms with Crippen LogP contribution in [0.15, 0.2) is 0 Å². The van der Waals surface area contributed by atoms with Crippen molar-refractivity contribution in [2.45, 2.75) is 38.3 Å². The highest BCUT2D eigenvalue weighted by atomic mass is 16.5. The Hall–Kier alpha value is -0.610. The average Bonchev–Trinajstić information content (AvgIpc) is 2.18. The number of methoxy groups -OCH3 is 1. The van der Waals surface area contributed by atoms with E-state index in [1.54, 1.807) is 7.11 Å². The lowest BCUT2D eigenvalue weighted by Gasteiger charge is -2.27. The van der Waals surface area contributed by atoms with Crippen LogP contribution in [0, 0.1) is 0 Å². The molecule has 1 aliphatic heterocycles. The minimum atomic E-state index is -0.00407. The molecule has 1 aliphatic rings. The molecule has 0 saturated carbocycles. The molecule has 0 spiro atoms. The second kappa shape index (κ2) is 5.98. The van der Waals surface area contributed by atoms with Crippen LogP contribution in [-0.4, -0.2) is 38.3 Å². The normalized spacial score (nSPS) is 27.3. The van der Waals surface area contributed by atoms with E-state index in [1.165, 1.54) is 6.42 Å². The molecule has 1 fully saturated rings. The van der Waals surface area contributed by atoms with Gasteiger partial charge >= 0.3 is 0 Å². The van der Waals surface area contributed by atoms with Gasteiger partial charge in [-0.15, -0.1) is 0 Å². The number of carbonyl (C=O) groups is 1. The summed E-state index contributed by atoms with van der Waals surface area (Å²) in [7, 11) is 1.63. The summed E-state index contributed by atoms with van der Waals surface area (Å²) in [5, 5.41) is 6.14. The Morgan fingerprint density at radius 3 is 3.00 bits per heavy atom. The van der Waals surface area contributed by atoms with Crippen LogP contribution < -0.4 is 10.6 Å². The molecule has 1 rings (SSSR count). The van der Waals surface area contributed by atoms with E-state index in [9.17, 15) is 4.79 Å². The van der Waals surface area contributed by atoms with Crippen molar-refractivity contribution >= 4 is 5.91 Å². The number of amides is 1. The SMILES string of the molecule is COCCNC(=O)[C@H]1CCC[C@H](C)N1. The number of hydrogen-bond donors (Lipinski definition) is 2. The molecule has 2 atom stereocenters. The maximum absolute atomic E-state index is 11.6. The summed E-state index contributed by atoms with van der Waals surface area (Å²) in [6.07, 6.45) is 3.25. The molecule has 0 aromatic heterocycles. The van der Waals surface area contributed by atoms with Crippen molar-refractivity contribution < 1.29 is 9.53 Å². The van der Waals surface area contributed by atoms with Crippen molar-refractivity contribution in [2.24, 2.45) is 0 Å². The Labute approximate surface area is 85.4 Å². The third kappa shape index (κ3) is 3.64. The molecular weight excluding hydrogens is 180 g/mol. The van der Waals surface area contributed by atoms with Gasteiger partial charge in [0.15, 0.2) is 0 Å². The number of hydrogen-bond acceptors (Lipinski definition) is 3. The summed E-state index contributed by atoms with van der Waals surface area (Å²) < 4.78 is 4.87. The second-order valence-electron chi connectivity index (χ2n) is 3.84. The lowest BCUT2D eigenvalue weighted by Crippen LogP contribution is -2.50. The Balaban J connectivity index is 2.22. The van der Waals surface area contributed by atoms with Crippen molar-refractivity contribution in [1.82, 2.24) is 10.6 Å². The van der Waals surface area contributed by atoms with Crippen molar-refractivity contribution in [2.75, 3.05) is 20.3 Å². The Kier molecular flexibility index (Phi) is 4.90. The quantitative estimate of drug-likeness (QED) is 0.641. The third-order valence-electron chi connectivity index (χ3n) is 2.54. The zero-order valence-corrected chi connectivity index (χ0v) is 9.01. The highest BCUT2D eigenvalue weighted by molar-refractivity contribution is 5.81. The van der Waals surface area contributed by atoms with Gasteiger partial charge in [0.25, 0.3) is 0 Å². The van der Waals surface area contributed by atoms with Gasteiger partial charge in [0, 0.05) is 19.7 Å². The summed E-state index contributed by atoms with van der Waals surface area (Å²) in [6, 6.07) is 0.456. The molecular formula is C10H20N2O2. The molecule has 0 bridgehead atoms. The van der Waals surface area contributed by atoms with Crippen molar-refractivity contribution in [3.63, 3.8) is 0 Å². The van der Waals surface area contributed by atoms with Crippen molar-refractivity contribution in [3.8, 4) is 0 Å². The lowest BCUT2D eigenvalue weighted by atomic mass is 9.99. The monoisotopic (exact) mass is 200 g/mol. The molecule has 2 N–H and O–H groups in total. The van der Waals surface area contributed by atoms with Crippen LogP contribution >= 0.6 is 0 Å². The Morgan fingerprint density at radius 1 is 1.57 bits per heavy atom. The first-order valence-corrected chi connectivity index (χ1v) is 5.26. The van der Waals surface area contributed by atoms with E-state index < -0.39 is 0 Å². The molecule has 1 amide bonds. The number of rotatable bonds is 4. The molecule has 4 heteroatoms. The molecule has 14 heavy (non-hydrogen) atoms. The topological polar surface area (TPSA) is 50.4 Å². The lowest BCUT2D eigenvalue weighted by molar-refractivity contribution is -0.124. The second-order valence-corrected chi connectivity index (χ2v) is 3.84. The van der Waals surface area contributed by atoms with Gasteiger partial charge in [0.2, 0.25) is 5.91 Å². The van der Waals surface area contributed by atoms with Gasteiger partial charge < -0.3 is 15.4 Å².